The van der Waals surface area contributed by atoms with Crippen molar-refractivity contribution in [1.82, 2.24) is 9.55 Å². The number of hydrogen-bond donors (Lipinski definition) is 1. The van der Waals surface area contributed by atoms with E-state index in [0.29, 0.717) is 18.2 Å². The third-order valence-corrected chi connectivity index (χ3v) is 4.08. The van der Waals surface area contributed by atoms with Crippen molar-refractivity contribution in [3.63, 3.8) is 0 Å². The lowest BCUT2D eigenvalue weighted by Crippen LogP contribution is -2.28. The van der Waals surface area contributed by atoms with Gasteiger partial charge in [-0.15, -0.1) is 0 Å². The van der Waals surface area contributed by atoms with Gasteiger partial charge in [0, 0.05) is 25.0 Å². The summed E-state index contributed by atoms with van der Waals surface area (Å²) in [7, 11) is 0. The minimum atomic E-state index is 0.295. The molecule has 1 saturated heterocycles. The molecule has 1 aromatic heterocycles. The molecule has 0 bridgehead atoms. The molecule has 0 radical (unpaired) electrons. The molecule has 2 heterocycles. The molecule has 1 aromatic rings. The second-order valence-corrected chi connectivity index (χ2v) is 5.21. The molecule has 4 heteroatoms. The highest BCUT2D eigenvalue weighted by Gasteiger charge is 2.26. The smallest absolute Gasteiger partial charge is 0.203 e. The van der Waals surface area contributed by atoms with Crippen LogP contribution in [0, 0.1) is 0 Å². The highest BCUT2D eigenvalue weighted by molar-refractivity contribution is 5.29. The average Bonchev–Trinajstić information content (AvgIpc) is 3.02. The molecule has 2 unspecified atom stereocenters. The van der Waals surface area contributed by atoms with Gasteiger partial charge in [-0.2, -0.15) is 0 Å². The summed E-state index contributed by atoms with van der Waals surface area (Å²) < 4.78 is 7.90. The van der Waals surface area contributed by atoms with Crippen LogP contribution < -0.4 is 5.32 Å². The van der Waals surface area contributed by atoms with Crippen molar-refractivity contribution >= 4 is 5.95 Å². The van der Waals surface area contributed by atoms with E-state index in [2.05, 4.69) is 28.0 Å². The van der Waals surface area contributed by atoms with Crippen molar-refractivity contribution in [3.8, 4) is 0 Å². The van der Waals surface area contributed by atoms with Gasteiger partial charge in [-0.05, 0) is 26.2 Å². The minimum absolute atomic E-state index is 0.295. The minimum Gasteiger partial charge on any atom is -0.376 e. The van der Waals surface area contributed by atoms with Gasteiger partial charge in [-0.25, -0.2) is 4.98 Å². The summed E-state index contributed by atoms with van der Waals surface area (Å²) >= 11 is 0. The Morgan fingerprint density at radius 2 is 2.18 bits per heavy atom. The summed E-state index contributed by atoms with van der Waals surface area (Å²) in [5.74, 6) is 1.03. The molecular weight excluding hydrogens is 214 g/mol. The maximum atomic E-state index is 5.58. The summed E-state index contributed by atoms with van der Waals surface area (Å²) in [6, 6.07) is 1.06. The Labute approximate surface area is 102 Å². The molecule has 1 aliphatic carbocycles. The normalized spacial score (nSPS) is 29.9. The molecule has 2 atom stereocenters. The second kappa shape index (κ2) is 4.69. The van der Waals surface area contributed by atoms with E-state index in [1.165, 1.54) is 25.7 Å². The molecule has 0 aromatic carbocycles. The van der Waals surface area contributed by atoms with Crippen molar-refractivity contribution in [3.05, 3.63) is 12.4 Å². The maximum Gasteiger partial charge on any atom is 0.203 e. The second-order valence-electron chi connectivity index (χ2n) is 5.21. The zero-order valence-corrected chi connectivity index (χ0v) is 10.4. The summed E-state index contributed by atoms with van der Waals surface area (Å²) in [4.78, 5) is 4.46. The van der Waals surface area contributed by atoms with Crippen LogP contribution in [0.15, 0.2) is 12.4 Å². The lowest BCUT2D eigenvalue weighted by molar-refractivity contribution is 0.121. The lowest BCUT2D eigenvalue weighted by atomic mass is 10.1. The van der Waals surface area contributed by atoms with Gasteiger partial charge in [0.1, 0.15) is 0 Å². The molecule has 1 saturated carbocycles. The first-order chi connectivity index (χ1) is 8.34. The van der Waals surface area contributed by atoms with Crippen molar-refractivity contribution in [1.29, 1.82) is 0 Å². The molecule has 3 rings (SSSR count). The Morgan fingerprint density at radius 1 is 1.35 bits per heavy atom. The Kier molecular flexibility index (Phi) is 3.05. The van der Waals surface area contributed by atoms with Crippen LogP contribution in [0.1, 0.15) is 45.1 Å². The number of nitrogens with zero attached hydrogens (tertiary/aromatic N) is 2. The number of nitrogens with one attached hydrogen (secondary N) is 1. The fourth-order valence-corrected chi connectivity index (χ4v) is 2.99. The molecule has 0 amide bonds. The fraction of sp³-hybridized carbons (Fsp3) is 0.769. The number of anilines is 1. The molecule has 0 spiro atoms. The highest BCUT2D eigenvalue weighted by atomic mass is 16.5. The van der Waals surface area contributed by atoms with Crippen LogP contribution in [0.3, 0.4) is 0 Å². The van der Waals surface area contributed by atoms with Gasteiger partial charge in [0.05, 0.1) is 12.1 Å². The van der Waals surface area contributed by atoms with E-state index in [9.17, 15) is 0 Å². The van der Waals surface area contributed by atoms with Gasteiger partial charge >= 0.3 is 0 Å². The number of ether oxygens (including phenoxy) is 1. The first kappa shape index (κ1) is 11.1. The molecule has 1 N–H and O–H groups in total. The van der Waals surface area contributed by atoms with Crippen LogP contribution in [0.2, 0.25) is 0 Å². The van der Waals surface area contributed by atoms with Gasteiger partial charge in [0.2, 0.25) is 5.95 Å². The molecule has 2 fully saturated rings. The van der Waals surface area contributed by atoms with Crippen molar-refractivity contribution < 1.29 is 4.74 Å². The topological polar surface area (TPSA) is 39.1 Å². The Balaban J connectivity index is 1.72. The molecule has 1 aliphatic heterocycles. The largest absolute Gasteiger partial charge is 0.376 e. The zero-order chi connectivity index (χ0) is 11.7. The number of hydrogen-bond acceptors (Lipinski definition) is 3. The van der Waals surface area contributed by atoms with Gasteiger partial charge in [-0.3, -0.25) is 0 Å². The SMILES string of the molecule is CC1OCCC1Nc1nccn1C1CCCC1. The monoisotopic (exact) mass is 235 g/mol. The van der Waals surface area contributed by atoms with E-state index < -0.39 is 0 Å². The third kappa shape index (κ3) is 2.18. The summed E-state index contributed by atoms with van der Waals surface area (Å²) in [5, 5.41) is 3.54. The van der Waals surface area contributed by atoms with Crippen LogP contribution in [-0.4, -0.2) is 28.3 Å². The van der Waals surface area contributed by atoms with E-state index in [4.69, 9.17) is 4.74 Å². The molecule has 17 heavy (non-hydrogen) atoms. The van der Waals surface area contributed by atoms with Crippen LogP contribution >= 0.6 is 0 Å². The van der Waals surface area contributed by atoms with Gasteiger partial charge in [-0.1, -0.05) is 12.8 Å². The number of imidazole rings is 1. The van der Waals surface area contributed by atoms with Gasteiger partial charge < -0.3 is 14.6 Å². The highest BCUT2D eigenvalue weighted by Crippen LogP contribution is 2.32. The number of aromatic nitrogens is 2. The molecule has 94 valence electrons. The maximum absolute atomic E-state index is 5.58. The van der Waals surface area contributed by atoms with E-state index in [-0.39, 0.29) is 0 Å². The van der Waals surface area contributed by atoms with Crippen LogP contribution in [0.5, 0.6) is 0 Å². The van der Waals surface area contributed by atoms with Crippen molar-refractivity contribution in [2.24, 2.45) is 0 Å². The van der Waals surface area contributed by atoms with Crippen LogP contribution in [0.25, 0.3) is 0 Å². The van der Waals surface area contributed by atoms with E-state index >= 15 is 0 Å². The first-order valence-corrected chi connectivity index (χ1v) is 6.75. The van der Waals surface area contributed by atoms with E-state index in [1.807, 2.05) is 6.20 Å². The zero-order valence-electron chi connectivity index (χ0n) is 10.4. The van der Waals surface area contributed by atoms with E-state index in [0.717, 1.165) is 19.0 Å². The fourth-order valence-electron chi connectivity index (χ4n) is 2.99. The third-order valence-electron chi connectivity index (χ3n) is 4.08. The summed E-state index contributed by atoms with van der Waals surface area (Å²) in [5.41, 5.74) is 0. The lowest BCUT2D eigenvalue weighted by Gasteiger charge is -2.20. The molecule has 2 aliphatic rings. The quantitative estimate of drug-likeness (QED) is 0.875. The number of rotatable bonds is 3. The Bertz CT molecular complexity index is 370. The Hall–Kier alpha value is -1.03. The van der Waals surface area contributed by atoms with Gasteiger partial charge in [0.25, 0.3) is 0 Å². The molecule has 4 nitrogen and oxygen atoms in total. The van der Waals surface area contributed by atoms with Crippen LogP contribution in [0.4, 0.5) is 5.95 Å². The van der Waals surface area contributed by atoms with Gasteiger partial charge in [0.15, 0.2) is 0 Å². The van der Waals surface area contributed by atoms with E-state index in [1.54, 1.807) is 0 Å². The predicted octanol–water partition coefficient (Wildman–Crippen LogP) is 2.59. The standard InChI is InChI=1S/C13H21N3O/c1-10-12(6-9-17-10)15-13-14-7-8-16(13)11-4-2-3-5-11/h7-8,10-12H,2-6,9H2,1H3,(H,14,15). The van der Waals surface area contributed by atoms with Crippen molar-refractivity contribution in [2.75, 3.05) is 11.9 Å². The summed E-state index contributed by atoms with van der Waals surface area (Å²) in [6.07, 6.45) is 10.7. The molecular formula is C13H21N3O. The predicted molar refractivity (Wildman–Crippen MR) is 67.2 cm³/mol. The average molecular weight is 235 g/mol. The Morgan fingerprint density at radius 3 is 2.88 bits per heavy atom. The first-order valence-electron chi connectivity index (χ1n) is 6.75. The summed E-state index contributed by atoms with van der Waals surface area (Å²) in [6.45, 7) is 3.00. The van der Waals surface area contributed by atoms with Crippen LogP contribution in [-0.2, 0) is 4.74 Å². The van der Waals surface area contributed by atoms with Crippen molar-refractivity contribution in [2.45, 2.75) is 57.2 Å².